The Kier molecular flexibility index (Phi) is 4.63. The molecule has 26 heavy (non-hydrogen) atoms. The molecule has 0 bridgehead atoms. The van der Waals surface area contributed by atoms with Gasteiger partial charge in [-0.1, -0.05) is 5.16 Å². The van der Waals surface area contributed by atoms with Gasteiger partial charge in [0.25, 0.3) is 0 Å². The van der Waals surface area contributed by atoms with E-state index in [1.807, 2.05) is 0 Å². The molecule has 3 heterocycles. The number of rotatable bonds is 5. The van der Waals surface area contributed by atoms with Crippen molar-refractivity contribution in [3.05, 3.63) is 34.1 Å². The number of thiazole rings is 1. The number of methoxy groups -OCH3 is 1. The SMILES string of the molecule is COc1ccc(-c2noc(CC(O)(c3nc(C)cs3)C(F)(F)F)n2)nn1. The standard InChI is InChI=1S/C14H12F3N5O3S/c1-7-6-26-12(18-7)13(23,14(15,16)17)5-10-19-11(22-25-10)8-3-4-9(24-2)21-20-8/h3-4,6,23H,5H2,1-2H3. The minimum atomic E-state index is -4.98. The van der Waals surface area contributed by atoms with Gasteiger partial charge in [0, 0.05) is 17.1 Å². The van der Waals surface area contributed by atoms with Crippen molar-refractivity contribution in [2.75, 3.05) is 7.11 Å². The maximum atomic E-state index is 13.5. The quantitative estimate of drug-likeness (QED) is 0.711. The predicted molar refractivity (Wildman–Crippen MR) is 82.4 cm³/mol. The second kappa shape index (κ2) is 6.61. The number of alkyl halides is 3. The number of hydrogen-bond acceptors (Lipinski definition) is 9. The molecule has 138 valence electrons. The first-order valence-electron chi connectivity index (χ1n) is 7.15. The third-order valence-corrected chi connectivity index (χ3v) is 4.51. The molecule has 0 saturated carbocycles. The van der Waals surface area contributed by atoms with Crippen molar-refractivity contribution < 1.29 is 27.5 Å². The first-order chi connectivity index (χ1) is 12.2. The van der Waals surface area contributed by atoms with E-state index < -0.39 is 29.1 Å². The lowest BCUT2D eigenvalue weighted by atomic mass is 10.00. The molecule has 0 aromatic carbocycles. The Morgan fingerprint density at radius 1 is 1.23 bits per heavy atom. The van der Waals surface area contributed by atoms with Crippen LogP contribution in [-0.2, 0) is 12.0 Å². The molecular formula is C14H12F3N5O3S. The molecule has 1 unspecified atom stereocenters. The van der Waals surface area contributed by atoms with Crippen molar-refractivity contribution in [2.45, 2.75) is 25.1 Å². The molecule has 3 rings (SSSR count). The largest absolute Gasteiger partial charge is 0.480 e. The highest BCUT2D eigenvalue weighted by Gasteiger charge is 2.58. The fourth-order valence-corrected chi connectivity index (χ4v) is 2.95. The lowest BCUT2D eigenvalue weighted by Gasteiger charge is -2.26. The molecule has 0 aliphatic carbocycles. The van der Waals surface area contributed by atoms with E-state index >= 15 is 0 Å². The van der Waals surface area contributed by atoms with Crippen LogP contribution in [0.5, 0.6) is 5.88 Å². The van der Waals surface area contributed by atoms with Gasteiger partial charge in [-0.3, -0.25) is 0 Å². The van der Waals surface area contributed by atoms with Gasteiger partial charge < -0.3 is 14.4 Å². The molecule has 3 aromatic rings. The van der Waals surface area contributed by atoms with Gasteiger partial charge in [-0.05, 0) is 13.0 Å². The summed E-state index contributed by atoms with van der Waals surface area (Å²) in [6.07, 6.45) is -5.95. The summed E-state index contributed by atoms with van der Waals surface area (Å²) in [6, 6.07) is 2.96. The Balaban J connectivity index is 1.90. The lowest BCUT2D eigenvalue weighted by Crippen LogP contribution is -2.44. The molecule has 0 fully saturated rings. The van der Waals surface area contributed by atoms with Crippen LogP contribution in [0, 0.1) is 6.92 Å². The fraction of sp³-hybridized carbons (Fsp3) is 0.357. The van der Waals surface area contributed by atoms with Gasteiger partial charge in [-0.15, -0.1) is 21.5 Å². The number of aryl methyl sites for hydroxylation is 1. The first-order valence-corrected chi connectivity index (χ1v) is 8.03. The molecule has 0 aliphatic rings. The number of aromatic nitrogens is 5. The van der Waals surface area contributed by atoms with Crippen LogP contribution in [0.2, 0.25) is 0 Å². The Morgan fingerprint density at radius 3 is 2.54 bits per heavy atom. The average Bonchev–Trinajstić information content (AvgIpc) is 3.23. The van der Waals surface area contributed by atoms with Gasteiger partial charge >= 0.3 is 6.18 Å². The zero-order valence-corrected chi connectivity index (χ0v) is 14.3. The van der Waals surface area contributed by atoms with Crippen molar-refractivity contribution in [1.29, 1.82) is 0 Å². The van der Waals surface area contributed by atoms with Crippen LogP contribution in [0.3, 0.4) is 0 Å². The van der Waals surface area contributed by atoms with Crippen LogP contribution < -0.4 is 4.74 Å². The summed E-state index contributed by atoms with van der Waals surface area (Å²) in [5, 5.41) is 22.3. The Bertz CT molecular complexity index is 896. The van der Waals surface area contributed by atoms with Gasteiger partial charge in [-0.2, -0.15) is 18.2 Å². The van der Waals surface area contributed by atoms with E-state index in [2.05, 4.69) is 25.3 Å². The maximum Gasteiger partial charge on any atom is 0.424 e. The molecule has 8 nitrogen and oxygen atoms in total. The second-order valence-corrected chi connectivity index (χ2v) is 6.16. The van der Waals surface area contributed by atoms with Gasteiger partial charge in [0.15, 0.2) is 0 Å². The number of hydrogen-bond donors (Lipinski definition) is 1. The minimum Gasteiger partial charge on any atom is -0.480 e. The third kappa shape index (κ3) is 3.37. The Hall–Kier alpha value is -2.60. The van der Waals surface area contributed by atoms with E-state index in [0.717, 1.165) is 0 Å². The summed E-state index contributed by atoms with van der Waals surface area (Å²) in [5.74, 6) is -0.219. The summed E-state index contributed by atoms with van der Waals surface area (Å²) < 4.78 is 50.2. The summed E-state index contributed by atoms with van der Waals surface area (Å²) in [6.45, 7) is 1.53. The van der Waals surface area contributed by atoms with Crippen LogP contribution in [0.4, 0.5) is 13.2 Å². The lowest BCUT2D eigenvalue weighted by molar-refractivity contribution is -0.267. The minimum absolute atomic E-state index is 0.0602. The second-order valence-electron chi connectivity index (χ2n) is 5.30. The van der Waals surface area contributed by atoms with E-state index in [0.29, 0.717) is 17.0 Å². The molecule has 0 spiro atoms. The number of ether oxygens (including phenoxy) is 1. The molecule has 12 heteroatoms. The molecule has 3 aromatic heterocycles. The maximum absolute atomic E-state index is 13.5. The van der Waals surface area contributed by atoms with E-state index in [1.54, 1.807) is 0 Å². The van der Waals surface area contributed by atoms with Gasteiger partial charge in [0.05, 0.1) is 13.5 Å². The topological polar surface area (TPSA) is 107 Å². The smallest absolute Gasteiger partial charge is 0.424 e. The number of nitrogens with zero attached hydrogens (tertiary/aromatic N) is 5. The van der Waals surface area contributed by atoms with Crippen molar-refractivity contribution >= 4 is 11.3 Å². The molecule has 0 saturated heterocycles. The van der Waals surface area contributed by atoms with Crippen molar-refractivity contribution in [3.8, 4) is 17.4 Å². The van der Waals surface area contributed by atoms with Crippen LogP contribution in [0.25, 0.3) is 11.5 Å². The Morgan fingerprint density at radius 2 is 2.00 bits per heavy atom. The summed E-state index contributed by atoms with van der Waals surface area (Å²) in [5.41, 5.74) is -2.68. The molecule has 1 atom stereocenters. The summed E-state index contributed by atoms with van der Waals surface area (Å²) in [7, 11) is 1.41. The van der Waals surface area contributed by atoms with E-state index in [-0.39, 0.29) is 17.4 Å². The zero-order chi connectivity index (χ0) is 18.9. The Labute approximate surface area is 148 Å². The number of aliphatic hydroxyl groups is 1. The molecule has 1 N–H and O–H groups in total. The van der Waals surface area contributed by atoms with Crippen LogP contribution in [0.15, 0.2) is 22.0 Å². The first kappa shape index (κ1) is 18.2. The molecular weight excluding hydrogens is 375 g/mol. The molecule has 0 radical (unpaired) electrons. The van der Waals surface area contributed by atoms with Crippen molar-refractivity contribution in [2.24, 2.45) is 0 Å². The average molecular weight is 387 g/mol. The van der Waals surface area contributed by atoms with Gasteiger partial charge in [-0.25, -0.2) is 4.98 Å². The predicted octanol–water partition coefficient (Wildman–Crippen LogP) is 2.29. The van der Waals surface area contributed by atoms with E-state index in [1.165, 1.54) is 31.5 Å². The highest BCUT2D eigenvalue weighted by atomic mass is 32.1. The normalized spacial score (nSPS) is 14.2. The zero-order valence-electron chi connectivity index (χ0n) is 13.5. The van der Waals surface area contributed by atoms with Crippen molar-refractivity contribution in [3.63, 3.8) is 0 Å². The fourth-order valence-electron chi connectivity index (χ4n) is 2.04. The van der Waals surface area contributed by atoms with Crippen LogP contribution in [-0.4, -0.2) is 43.7 Å². The molecule has 0 aliphatic heterocycles. The monoisotopic (exact) mass is 387 g/mol. The molecule has 0 amide bonds. The van der Waals surface area contributed by atoms with Gasteiger partial charge in [0.2, 0.25) is 23.2 Å². The van der Waals surface area contributed by atoms with E-state index in [4.69, 9.17) is 9.26 Å². The van der Waals surface area contributed by atoms with E-state index in [9.17, 15) is 18.3 Å². The van der Waals surface area contributed by atoms with Crippen LogP contribution >= 0.6 is 11.3 Å². The highest BCUT2D eigenvalue weighted by Crippen LogP contribution is 2.42. The third-order valence-electron chi connectivity index (χ3n) is 3.40. The van der Waals surface area contributed by atoms with Gasteiger partial charge in [0.1, 0.15) is 10.7 Å². The van der Waals surface area contributed by atoms with Crippen LogP contribution in [0.1, 0.15) is 16.6 Å². The van der Waals surface area contributed by atoms with Crippen molar-refractivity contribution in [1.82, 2.24) is 25.3 Å². The summed E-state index contributed by atoms with van der Waals surface area (Å²) >= 11 is 0.703. The number of halogens is 3. The highest BCUT2D eigenvalue weighted by molar-refractivity contribution is 7.09. The summed E-state index contributed by atoms with van der Waals surface area (Å²) in [4.78, 5) is 7.61.